The van der Waals surface area contributed by atoms with Crippen molar-refractivity contribution in [2.45, 2.75) is 0 Å². The van der Waals surface area contributed by atoms with E-state index in [2.05, 4.69) is 20.3 Å². The Balaban J connectivity index is 1.89. The average Bonchev–Trinajstić information content (AvgIpc) is 3.16. The zero-order chi connectivity index (χ0) is 14.8. The SMILES string of the molecule is CN(C(=O)c1cnc(C2=NCCN2)n1C)c1cccnc1. The van der Waals surface area contributed by atoms with Crippen LogP contribution in [0.25, 0.3) is 0 Å². The quantitative estimate of drug-likeness (QED) is 0.887. The van der Waals surface area contributed by atoms with Crippen molar-refractivity contribution >= 4 is 17.4 Å². The Morgan fingerprint density at radius 1 is 1.43 bits per heavy atom. The van der Waals surface area contributed by atoms with Crippen molar-refractivity contribution in [1.29, 1.82) is 0 Å². The highest BCUT2D eigenvalue weighted by Crippen LogP contribution is 2.14. The zero-order valence-electron chi connectivity index (χ0n) is 11.9. The van der Waals surface area contributed by atoms with Crippen LogP contribution in [0.15, 0.2) is 35.7 Å². The van der Waals surface area contributed by atoms with Crippen LogP contribution >= 0.6 is 0 Å². The van der Waals surface area contributed by atoms with Gasteiger partial charge in [-0.25, -0.2) is 4.98 Å². The number of imidazole rings is 1. The van der Waals surface area contributed by atoms with E-state index in [1.807, 2.05) is 13.1 Å². The van der Waals surface area contributed by atoms with Gasteiger partial charge in [-0.15, -0.1) is 0 Å². The number of rotatable bonds is 3. The van der Waals surface area contributed by atoms with Crippen molar-refractivity contribution in [3.8, 4) is 0 Å². The van der Waals surface area contributed by atoms with Gasteiger partial charge in [0.05, 0.1) is 24.6 Å². The van der Waals surface area contributed by atoms with Crippen molar-refractivity contribution in [2.75, 3.05) is 25.0 Å². The first-order valence-electron chi connectivity index (χ1n) is 6.67. The fourth-order valence-corrected chi connectivity index (χ4v) is 2.22. The van der Waals surface area contributed by atoms with Crippen molar-refractivity contribution < 1.29 is 4.79 Å². The van der Waals surface area contributed by atoms with E-state index in [-0.39, 0.29) is 5.91 Å². The topological polar surface area (TPSA) is 75.4 Å². The summed E-state index contributed by atoms with van der Waals surface area (Å²) in [5.74, 6) is 1.28. The Bertz CT molecular complexity index is 691. The summed E-state index contributed by atoms with van der Waals surface area (Å²) >= 11 is 0. The molecule has 1 amide bonds. The van der Waals surface area contributed by atoms with Crippen LogP contribution in [0.2, 0.25) is 0 Å². The molecule has 2 aromatic rings. The van der Waals surface area contributed by atoms with E-state index in [1.54, 1.807) is 41.2 Å². The van der Waals surface area contributed by atoms with E-state index in [0.717, 1.165) is 24.6 Å². The number of nitrogens with zero attached hydrogens (tertiary/aromatic N) is 5. The molecule has 0 bridgehead atoms. The van der Waals surface area contributed by atoms with Crippen LogP contribution in [0.3, 0.4) is 0 Å². The second kappa shape index (κ2) is 5.35. The van der Waals surface area contributed by atoms with E-state index in [9.17, 15) is 4.79 Å². The molecule has 0 aliphatic carbocycles. The second-order valence-corrected chi connectivity index (χ2v) is 4.76. The van der Waals surface area contributed by atoms with Gasteiger partial charge in [0, 0.05) is 26.8 Å². The molecule has 7 heteroatoms. The Labute approximate surface area is 122 Å². The third-order valence-electron chi connectivity index (χ3n) is 3.43. The van der Waals surface area contributed by atoms with Crippen molar-refractivity contribution in [3.05, 3.63) is 42.2 Å². The van der Waals surface area contributed by atoms with Crippen molar-refractivity contribution in [3.63, 3.8) is 0 Å². The largest absolute Gasteiger partial charge is 0.365 e. The summed E-state index contributed by atoms with van der Waals surface area (Å²) in [6.45, 7) is 1.54. The minimum Gasteiger partial charge on any atom is -0.365 e. The molecular weight excluding hydrogens is 268 g/mol. The molecule has 0 unspecified atom stereocenters. The molecule has 0 fully saturated rings. The normalized spacial score (nSPS) is 13.7. The molecule has 1 aliphatic heterocycles. The minimum atomic E-state index is -0.136. The smallest absolute Gasteiger partial charge is 0.276 e. The summed E-state index contributed by atoms with van der Waals surface area (Å²) in [7, 11) is 3.53. The van der Waals surface area contributed by atoms with Gasteiger partial charge in [0.1, 0.15) is 5.69 Å². The molecule has 3 heterocycles. The van der Waals surface area contributed by atoms with Gasteiger partial charge in [0.2, 0.25) is 0 Å². The molecule has 3 rings (SSSR count). The van der Waals surface area contributed by atoms with E-state index < -0.39 is 0 Å². The monoisotopic (exact) mass is 284 g/mol. The number of hydrogen-bond donors (Lipinski definition) is 1. The number of anilines is 1. The molecule has 0 saturated carbocycles. The lowest BCUT2D eigenvalue weighted by Crippen LogP contribution is -2.29. The van der Waals surface area contributed by atoms with Gasteiger partial charge in [-0.05, 0) is 12.1 Å². The van der Waals surface area contributed by atoms with E-state index in [0.29, 0.717) is 11.5 Å². The molecule has 0 spiro atoms. The molecule has 0 aromatic carbocycles. The first kappa shape index (κ1) is 13.3. The molecule has 21 heavy (non-hydrogen) atoms. The Morgan fingerprint density at radius 3 is 2.95 bits per heavy atom. The lowest BCUT2D eigenvalue weighted by molar-refractivity contribution is 0.0985. The number of hydrogen-bond acceptors (Lipinski definition) is 5. The predicted molar refractivity (Wildman–Crippen MR) is 79.6 cm³/mol. The van der Waals surface area contributed by atoms with Crippen LogP contribution in [-0.2, 0) is 7.05 Å². The first-order chi connectivity index (χ1) is 10.2. The minimum absolute atomic E-state index is 0.136. The summed E-state index contributed by atoms with van der Waals surface area (Å²) in [4.78, 5) is 26.8. The predicted octanol–water partition coefficient (Wildman–Crippen LogP) is 0.441. The highest BCUT2D eigenvalue weighted by atomic mass is 16.2. The lowest BCUT2D eigenvalue weighted by Gasteiger charge is -2.17. The van der Waals surface area contributed by atoms with Gasteiger partial charge in [-0.3, -0.25) is 14.8 Å². The number of pyridine rings is 1. The zero-order valence-corrected chi connectivity index (χ0v) is 11.9. The van der Waals surface area contributed by atoms with Gasteiger partial charge in [-0.1, -0.05) is 0 Å². The van der Waals surface area contributed by atoms with Crippen LogP contribution in [0.5, 0.6) is 0 Å². The number of amidine groups is 1. The summed E-state index contributed by atoms with van der Waals surface area (Å²) in [6.07, 6.45) is 4.90. The molecule has 2 aromatic heterocycles. The van der Waals surface area contributed by atoms with Crippen molar-refractivity contribution in [1.82, 2.24) is 19.9 Å². The molecule has 7 nitrogen and oxygen atoms in total. The van der Waals surface area contributed by atoms with Crippen LogP contribution in [0.1, 0.15) is 16.3 Å². The third kappa shape index (κ3) is 2.37. The molecular formula is C14H16N6O. The maximum absolute atomic E-state index is 12.6. The highest BCUT2D eigenvalue weighted by molar-refractivity contribution is 6.06. The Morgan fingerprint density at radius 2 is 2.29 bits per heavy atom. The van der Waals surface area contributed by atoms with Gasteiger partial charge in [-0.2, -0.15) is 0 Å². The lowest BCUT2D eigenvalue weighted by atomic mass is 10.3. The highest BCUT2D eigenvalue weighted by Gasteiger charge is 2.22. The van der Waals surface area contributed by atoms with Crippen LogP contribution < -0.4 is 10.2 Å². The molecule has 108 valence electrons. The average molecular weight is 284 g/mol. The number of aliphatic imine (C=N–C) groups is 1. The Kier molecular flexibility index (Phi) is 3.39. The fraction of sp³-hybridized carbons (Fsp3) is 0.286. The Hall–Kier alpha value is -2.70. The van der Waals surface area contributed by atoms with Crippen LogP contribution in [0.4, 0.5) is 5.69 Å². The maximum Gasteiger partial charge on any atom is 0.276 e. The fourth-order valence-electron chi connectivity index (χ4n) is 2.22. The molecule has 1 N–H and O–H groups in total. The van der Waals surface area contributed by atoms with E-state index in [4.69, 9.17) is 0 Å². The van der Waals surface area contributed by atoms with Gasteiger partial charge < -0.3 is 14.8 Å². The number of amides is 1. The van der Waals surface area contributed by atoms with E-state index >= 15 is 0 Å². The molecule has 0 atom stereocenters. The summed E-state index contributed by atoms with van der Waals surface area (Å²) in [5.41, 5.74) is 1.24. The van der Waals surface area contributed by atoms with Crippen molar-refractivity contribution in [2.24, 2.45) is 12.0 Å². The molecule has 0 saturated heterocycles. The van der Waals surface area contributed by atoms with Crippen LogP contribution in [0, 0.1) is 0 Å². The summed E-state index contributed by atoms with van der Waals surface area (Å²) in [5, 5.41) is 3.16. The number of nitrogens with one attached hydrogen (secondary N) is 1. The van der Waals surface area contributed by atoms with Crippen LogP contribution in [-0.4, -0.2) is 46.4 Å². The van der Waals surface area contributed by atoms with Gasteiger partial charge in [0.15, 0.2) is 11.7 Å². The maximum atomic E-state index is 12.6. The molecule has 0 radical (unpaired) electrons. The number of carbonyl (C=O) groups is 1. The summed E-state index contributed by atoms with van der Waals surface area (Å²) < 4.78 is 1.76. The van der Waals surface area contributed by atoms with Gasteiger partial charge >= 0.3 is 0 Å². The third-order valence-corrected chi connectivity index (χ3v) is 3.43. The standard InChI is InChI=1S/C14H16N6O/c1-19(10-4-3-5-15-8-10)14(21)11-9-18-13(20(11)2)12-16-6-7-17-12/h3-5,8-9H,6-7H2,1-2H3,(H,16,17). The summed E-state index contributed by atoms with van der Waals surface area (Å²) in [6, 6.07) is 3.63. The molecule has 1 aliphatic rings. The number of carbonyl (C=O) groups excluding carboxylic acids is 1. The van der Waals surface area contributed by atoms with Gasteiger partial charge in [0.25, 0.3) is 5.91 Å². The first-order valence-corrected chi connectivity index (χ1v) is 6.67. The van der Waals surface area contributed by atoms with E-state index in [1.165, 1.54) is 0 Å². The number of aromatic nitrogens is 3. The second-order valence-electron chi connectivity index (χ2n) is 4.76.